The molecule has 51 heavy (non-hydrogen) atoms. The summed E-state index contributed by atoms with van der Waals surface area (Å²) in [6, 6.07) is 24.6. The lowest BCUT2D eigenvalue weighted by atomic mass is 10.0. The van der Waals surface area contributed by atoms with Crippen LogP contribution in [-0.4, -0.2) is 35.3 Å². The summed E-state index contributed by atoms with van der Waals surface area (Å²) in [5.41, 5.74) is 3.13. The van der Waals surface area contributed by atoms with Crippen molar-refractivity contribution in [2.45, 2.75) is 38.4 Å². The molecule has 0 saturated heterocycles. The molecule has 0 fully saturated rings. The minimum atomic E-state index is -4.42. The average Bonchev–Trinajstić information content (AvgIpc) is 3.08. The van der Waals surface area contributed by atoms with E-state index in [2.05, 4.69) is 5.32 Å². The quantitative estimate of drug-likeness (QED) is 0.133. The molecule has 0 spiro atoms. The smallest absolute Gasteiger partial charge is 0.322 e. The first-order chi connectivity index (χ1) is 24.2. The molecule has 2 amide bonds. The highest BCUT2D eigenvalue weighted by atomic mass is 35.5. The van der Waals surface area contributed by atoms with Crippen molar-refractivity contribution in [3.63, 3.8) is 0 Å². The number of anilines is 1. The number of hydrogen-bond acceptors (Lipinski definition) is 4. The van der Waals surface area contributed by atoms with Crippen molar-refractivity contribution < 1.29 is 31.5 Å². The van der Waals surface area contributed by atoms with Crippen molar-refractivity contribution in [3.8, 4) is 16.9 Å². The van der Waals surface area contributed by atoms with Crippen molar-refractivity contribution in [3.05, 3.63) is 147 Å². The number of nitrogens with zero attached hydrogens (tertiary/aromatic N) is 2. The van der Waals surface area contributed by atoms with Crippen LogP contribution in [-0.2, 0) is 29.7 Å². The van der Waals surface area contributed by atoms with Crippen LogP contribution < -0.4 is 5.32 Å². The SMILES string of the molecule is CC(C)CN(Cc1cccc(CN(Cc2ccc(-c3ccc(F)cc3)cc2)S(=O)(=O)c2cc(Cl)cc(Cl)c2O)c1)C(=O)Nc1cc(F)ccc1F. The molecule has 0 bridgehead atoms. The van der Waals surface area contributed by atoms with Crippen molar-refractivity contribution in [1.82, 2.24) is 9.21 Å². The fourth-order valence-electron chi connectivity index (χ4n) is 5.45. The molecule has 0 aliphatic rings. The number of aromatic hydroxyl groups is 1. The maximum absolute atomic E-state index is 14.3. The summed E-state index contributed by atoms with van der Waals surface area (Å²) in [5.74, 6) is -2.46. The maximum Gasteiger partial charge on any atom is 0.322 e. The highest BCUT2D eigenvalue weighted by molar-refractivity contribution is 7.89. The molecule has 0 unspecified atom stereocenters. The van der Waals surface area contributed by atoms with Gasteiger partial charge in [0.2, 0.25) is 10.0 Å². The zero-order valence-electron chi connectivity index (χ0n) is 27.6. The van der Waals surface area contributed by atoms with Crippen LogP contribution in [0.25, 0.3) is 11.1 Å². The van der Waals surface area contributed by atoms with Gasteiger partial charge in [-0.2, -0.15) is 4.31 Å². The zero-order chi connectivity index (χ0) is 36.9. The number of hydrogen-bond donors (Lipinski definition) is 2. The Labute approximate surface area is 304 Å². The molecular formula is C38H34Cl2F3N3O4S. The highest BCUT2D eigenvalue weighted by Gasteiger charge is 2.30. The summed E-state index contributed by atoms with van der Waals surface area (Å²) < 4.78 is 71.1. The summed E-state index contributed by atoms with van der Waals surface area (Å²) in [4.78, 5) is 14.2. The predicted molar refractivity (Wildman–Crippen MR) is 193 cm³/mol. The van der Waals surface area contributed by atoms with E-state index in [9.17, 15) is 31.5 Å². The molecule has 0 atom stereocenters. The third-order valence-corrected chi connectivity index (χ3v) is 10.2. The van der Waals surface area contributed by atoms with E-state index in [1.807, 2.05) is 13.8 Å². The van der Waals surface area contributed by atoms with Gasteiger partial charge in [-0.3, -0.25) is 0 Å². The molecule has 0 aliphatic heterocycles. The molecule has 0 heterocycles. The molecule has 5 aromatic carbocycles. The van der Waals surface area contributed by atoms with Crippen LogP contribution in [0, 0.1) is 23.4 Å². The maximum atomic E-state index is 14.3. The number of carbonyl (C=O) groups excluding carboxylic acids is 1. The first-order valence-electron chi connectivity index (χ1n) is 15.8. The van der Waals surface area contributed by atoms with Gasteiger partial charge in [0.15, 0.2) is 5.75 Å². The van der Waals surface area contributed by atoms with E-state index < -0.39 is 38.3 Å². The van der Waals surface area contributed by atoms with Gasteiger partial charge < -0.3 is 15.3 Å². The first kappa shape index (κ1) is 37.7. The van der Waals surface area contributed by atoms with Crippen LogP contribution in [0.3, 0.4) is 0 Å². The molecule has 0 aliphatic carbocycles. The van der Waals surface area contributed by atoms with E-state index in [4.69, 9.17) is 23.2 Å². The van der Waals surface area contributed by atoms with Crippen molar-refractivity contribution in [1.29, 1.82) is 0 Å². The molecule has 0 radical (unpaired) electrons. The van der Waals surface area contributed by atoms with E-state index in [0.29, 0.717) is 16.7 Å². The second kappa shape index (κ2) is 16.2. The number of sulfonamides is 1. The third kappa shape index (κ3) is 9.62. The van der Waals surface area contributed by atoms with Gasteiger partial charge in [-0.25, -0.2) is 26.4 Å². The Morgan fingerprint density at radius 1 is 0.765 bits per heavy atom. The van der Waals surface area contributed by atoms with Crippen LogP contribution in [0.5, 0.6) is 5.75 Å². The molecule has 0 aromatic heterocycles. The fourth-order valence-corrected chi connectivity index (χ4v) is 7.61. The lowest BCUT2D eigenvalue weighted by Crippen LogP contribution is -2.37. The topological polar surface area (TPSA) is 90.0 Å². The van der Waals surface area contributed by atoms with E-state index >= 15 is 0 Å². The highest BCUT2D eigenvalue weighted by Crippen LogP contribution is 2.37. The van der Waals surface area contributed by atoms with E-state index in [1.165, 1.54) is 27.4 Å². The van der Waals surface area contributed by atoms with Gasteiger partial charge in [0.05, 0.1) is 10.7 Å². The second-order valence-electron chi connectivity index (χ2n) is 12.4. The zero-order valence-corrected chi connectivity index (χ0v) is 29.9. The lowest BCUT2D eigenvalue weighted by molar-refractivity contribution is 0.201. The number of phenolic OH excluding ortho intramolecular Hbond substituents is 1. The fraction of sp³-hybridized carbons (Fsp3) is 0.184. The summed E-state index contributed by atoms with van der Waals surface area (Å²) in [7, 11) is -4.42. The van der Waals surface area contributed by atoms with Gasteiger partial charge >= 0.3 is 6.03 Å². The van der Waals surface area contributed by atoms with Gasteiger partial charge in [-0.05, 0) is 70.1 Å². The van der Waals surface area contributed by atoms with E-state index in [1.54, 1.807) is 60.7 Å². The molecule has 0 saturated carbocycles. The van der Waals surface area contributed by atoms with Gasteiger partial charge in [0, 0.05) is 37.3 Å². The molecule has 7 nitrogen and oxygen atoms in total. The average molecular weight is 757 g/mol. The van der Waals surface area contributed by atoms with Gasteiger partial charge in [0.25, 0.3) is 0 Å². The summed E-state index contributed by atoms with van der Waals surface area (Å²) in [6.07, 6.45) is 0. The number of halogens is 5. The molecule has 5 rings (SSSR count). The van der Waals surface area contributed by atoms with E-state index in [-0.39, 0.29) is 53.6 Å². The second-order valence-corrected chi connectivity index (χ2v) is 15.1. The van der Waals surface area contributed by atoms with Crippen LogP contribution in [0.1, 0.15) is 30.5 Å². The normalized spacial score (nSPS) is 11.6. The number of carbonyl (C=O) groups is 1. The minimum absolute atomic E-state index is 0.0172. The number of nitrogens with one attached hydrogen (secondary N) is 1. The van der Waals surface area contributed by atoms with Crippen LogP contribution >= 0.6 is 23.2 Å². The summed E-state index contributed by atoms with van der Waals surface area (Å²) in [6.45, 7) is 3.93. The van der Waals surface area contributed by atoms with Gasteiger partial charge in [-0.1, -0.05) is 97.7 Å². The Hall–Kier alpha value is -4.55. The number of rotatable bonds is 12. The Bertz CT molecular complexity index is 2130. The number of urea groups is 1. The first-order valence-corrected chi connectivity index (χ1v) is 18.0. The van der Waals surface area contributed by atoms with Crippen LogP contribution in [0.15, 0.2) is 108 Å². The largest absolute Gasteiger partial charge is 0.505 e. The standard InChI is InChI=1S/C38H34Cl2F3N3O4S/c1-24(2)20-45(38(48)44-35-19-32(42)14-15-34(35)43)21-26-4-3-5-27(16-26)23-46(51(49,50)36-18-30(39)17-33(40)37(36)47)22-25-6-8-28(9-7-25)29-10-12-31(41)13-11-29/h3-19,24,47H,20-23H2,1-2H3,(H,44,48). The Balaban J connectivity index is 1.44. The van der Waals surface area contributed by atoms with Crippen molar-refractivity contribution >= 4 is 44.9 Å². The Morgan fingerprint density at radius 3 is 2.00 bits per heavy atom. The third-order valence-electron chi connectivity index (χ3n) is 7.87. The number of benzene rings is 5. The minimum Gasteiger partial charge on any atom is -0.505 e. The molecule has 5 aromatic rings. The molecule has 2 N–H and O–H groups in total. The number of amides is 2. The van der Waals surface area contributed by atoms with Gasteiger partial charge in [-0.15, -0.1) is 0 Å². The lowest BCUT2D eigenvalue weighted by Gasteiger charge is -2.26. The molecule has 266 valence electrons. The monoisotopic (exact) mass is 755 g/mol. The molecular weight excluding hydrogens is 722 g/mol. The van der Waals surface area contributed by atoms with Crippen LogP contribution in [0.2, 0.25) is 10.0 Å². The van der Waals surface area contributed by atoms with Crippen molar-refractivity contribution in [2.75, 3.05) is 11.9 Å². The summed E-state index contributed by atoms with van der Waals surface area (Å²) in [5, 5.41) is 12.9. The molecule has 13 heteroatoms. The summed E-state index contributed by atoms with van der Waals surface area (Å²) >= 11 is 12.3. The Kier molecular flexibility index (Phi) is 12.0. The van der Waals surface area contributed by atoms with E-state index in [0.717, 1.165) is 35.4 Å². The van der Waals surface area contributed by atoms with Crippen LogP contribution in [0.4, 0.5) is 23.7 Å². The predicted octanol–water partition coefficient (Wildman–Crippen LogP) is 9.86. The van der Waals surface area contributed by atoms with Crippen molar-refractivity contribution in [2.24, 2.45) is 5.92 Å². The number of phenols is 1. The Morgan fingerprint density at radius 2 is 1.35 bits per heavy atom. The van der Waals surface area contributed by atoms with Gasteiger partial charge in [0.1, 0.15) is 22.3 Å².